The molecule has 0 aromatic heterocycles. The predicted octanol–water partition coefficient (Wildman–Crippen LogP) is 4.09. The van der Waals surface area contributed by atoms with Crippen LogP contribution < -0.4 is 0 Å². The summed E-state index contributed by atoms with van der Waals surface area (Å²) in [7, 11) is 0. The second-order valence-corrected chi connectivity index (χ2v) is 7.73. The van der Waals surface area contributed by atoms with E-state index in [0.717, 1.165) is 16.8 Å². The molecule has 0 N–H and O–H groups in total. The molecule has 2 aliphatic carbocycles. The highest BCUT2D eigenvalue weighted by atomic mass is 127. The lowest BCUT2D eigenvalue weighted by molar-refractivity contribution is -0.133. The van der Waals surface area contributed by atoms with Gasteiger partial charge in [0.05, 0.1) is 0 Å². The van der Waals surface area contributed by atoms with Gasteiger partial charge in [0.25, 0.3) is 0 Å². The molecule has 2 fully saturated rings. The molecular formula is C14H23IO. The van der Waals surface area contributed by atoms with Crippen LogP contribution in [0.25, 0.3) is 0 Å². The molecule has 0 amide bonds. The van der Waals surface area contributed by atoms with Gasteiger partial charge in [0, 0.05) is 16.8 Å². The maximum Gasteiger partial charge on any atom is 0.136 e. The minimum absolute atomic E-state index is 0.244. The van der Waals surface area contributed by atoms with Crippen LogP contribution in [0.5, 0.6) is 0 Å². The number of fused-ring (bicyclic) bond motifs is 1. The summed E-state index contributed by atoms with van der Waals surface area (Å²) >= 11 is 2.48. The average molecular weight is 334 g/mol. The Bertz CT molecular complexity index is 310. The van der Waals surface area contributed by atoms with Crippen LogP contribution in [0.3, 0.4) is 0 Å². The van der Waals surface area contributed by atoms with E-state index in [0.29, 0.717) is 17.1 Å². The minimum Gasteiger partial charge on any atom is -0.299 e. The quantitative estimate of drug-likeness (QED) is 0.521. The predicted molar refractivity (Wildman–Crippen MR) is 75.8 cm³/mol. The molecule has 2 saturated carbocycles. The summed E-state index contributed by atoms with van der Waals surface area (Å²) in [4.78, 5) is 12.1. The first-order valence-corrected chi connectivity index (χ1v) is 7.91. The van der Waals surface area contributed by atoms with E-state index in [2.05, 4.69) is 50.3 Å². The van der Waals surface area contributed by atoms with E-state index in [9.17, 15) is 4.79 Å². The SMILES string of the molecule is CC1C(=O)C[C@@H]2CC(C)(C)C[C@@H]2[C@@]1(C)CI. The van der Waals surface area contributed by atoms with Gasteiger partial charge in [-0.15, -0.1) is 0 Å². The van der Waals surface area contributed by atoms with Gasteiger partial charge in [0.1, 0.15) is 5.78 Å². The van der Waals surface area contributed by atoms with Crippen LogP contribution in [-0.4, -0.2) is 10.2 Å². The van der Waals surface area contributed by atoms with Gasteiger partial charge in [-0.05, 0) is 35.5 Å². The Kier molecular flexibility index (Phi) is 3.18. The zero-order chi connectivity index (χ0) is 12.1. The topological polar surface area (TPSA) is 17.1 Å². The second-order valence-electron chi connectivity index (χ2n) is 6.97. The number of Topliss-reactive ketones (excluding diaryl/α,β-unsaturated/α-hetero) is 1. The van der Waals surface area contributed by atoms with Crippen LogP contribution in [0.2, 0.25) is 0 Å². The Morgan fingerprint density at radius 2 is 1.94 bits per heavy atom. The molecule has 1 nitrogen and oxygen atoms in total. The van der Waals surface area contributed by atoms with Crippen molar-refractivity contribution in [1.82, 2.24) is 0 Å². The first-order chi connectivity index (χ1) is 7.30. The van der Waals surface area contributed by atoms with Crippen LogP contribution in [-0.2, 0) is 4.79 Å². The van der Waals surface area contributed by atoms with Crippen LogP contribution in [0.15, 0.2) is 0 Å². The number of halogens is 1. The van der Waals surface area contributed by atoms with Crippen molar-refractivity contribution in [3.63, 3.8) is 0 Å². The monoisotopic (exact) mass is 334 g/mol. The molecule has 0 aromatic rings. The Morgan fingerprint density at radius 1 is 1.31 bits per heavy atom. The fourth-order valence-corrected chi connectivity index (χ4v) is 5.25. The van der Waals surface area contributed by atoms with Crippen molar-refractivity contribution >= 4 is 28.4 Å². The summed E-state index contributed by atoms with van der Waals surface area (Å²) < 4.78 is 1.12. The van der Waals surface area contributed by atoms with Gasteiger partial charge < -0.3 is 0 Å². The minimum atomic E-state index is 0.244. The fourth-order valence-electron chi connectivity index (χ4n) is 4.02. The van der Waals surface area contributed by atoms with Gasteiger partial charge in [0.2, 0.25) is 0 Å². The molecule has 0 aromatic carbocycles. The fraction of sp³-hybridized carbons (Fsp3) is 0.929. The van der Waals surface area contributed by atoms with Gasteiger partial charge in [-0.2, -0.15) is 0 Å². The normalized spacial score (nSPS) is 46.8. The highest BCUT2D eigenvalue weighted by molar-refractivity contribution is 14.1. The standard InChI is InChI=1S/C14H23IO/c1-9-12(16)5-10-6-13(2,3)7-11(10)14(9,4)8-15/h9-11H,5-8H2,1-4H3/t9?,10-,11+,14+/m1/s1. The van der Waals surface area contributed by atoms with E-state index < -0.39 is 0 Å². The van der Waals surface area contributed by atoms with Gasteiger partial charge >= 0.3 is 0 Å². The van der Waals surface area contributed by atoms with Crippen LogP contribution in [0.1, 0.15) is 47.0 Å². The third kappa shape index (κ3) is 1.85. The van der Waals surface area contributed by atoms with Crippen molar-refractivity contribution < 1.29 is 4.79 Å². The Hall–Kier alpha value is 0.400. The lowest BCUT2D eigenvalue weighted by Crippen LogP contribution is -2.46. The summed E-state index contributed by atoms with van der Waals surface area (Å²) in [6.45, 7) is 9.24. The van der Waals surface area contributed by atoms with Gasteiger partial charge in [-0.3, -0.25) is 4.79 Å². The van der Waals surface area contributed by atoms with E-state index in [4.69, 9.17) is 0 Å². The van der Waals surface area contributed by atoms with Crippen LogP contribution in [0.4, 0.5) is 0 Å². The van der Waals surface area contributed by atoms with Crippen molar-refractivity contribution in [1.29, 1.82) is 0 Å². The molecule has 2 heteroatoms. The van der Waals surface area contributed by atoms with Gasteiger partial charge in [-0.1, -0.05) is 50.3 Å². The van der Waals surface area contributed by atoms with Crippen molar-refractivity contribution in [3.8, 4) is 0 Å². The number of carbonyl (C=O) groups excluding carboxylic acids is 1. The third-order valence-corrected chi connectivity index (χ3v) is 6.87. The first kappa shape index (κ1) is 12.8. The average Bonchev–Trinajstić information content (AvgIpc) is 2.50. The Morgan fingerprint density at radius 3 is 2.50 bits per heavy atom. The number of ketones is 1. The van der Waals surface area contributed by atoms with Gasteiger partial charge in [-0.25, -0.2) is 0 Å². The third-order valence-electron chi connectivity index (χ3n) is 5.23. The lowest BCUT2D eigenvalue weighted by atomic mass is 9.59. The molecule has 0 heterocycles. The highest BCUT2D eigenvalue weighted by Gasteiger charge is 2.54. The van der Waals surface area contributed by atoms with Gasteiger partial charge in [0.15, 0.2) is 0 Å². The molecule has 16 heavy (non-hydrogen) atoms. The van der Waals surface area contributed by atoms with Crippen LogP contribution >= 0.6 is 22.6 Å². The van der Waals surface area contributed by atoms with Crippen molar-refractivity contribution in [2.75, 3.05) is 4.43 Å². The zero-order valence-corrected chi connectivity index (χ0v) is 13.0. The number of hydrogen-bond acceptors (Lipinski definition) is 1. The molecule has 4 atom stereocenters. The summed E-state index contributed by atoms with van der Waals surface area (Å²) in [5.41, 5.74) is 0.696. The summed E-state index contributed by atoms with van der Waals surface area (Å²) in [5.74, 6) is 2.21. The molecule has 0 bridgehead atoms. The maximum atomic E-state index is 12.1. The van der Waals surface area contributed by atoms with E-state index in [1.165, 1.54) is 12.8 Å². The summed E-state index contributed by atoms with van der Waals surface area (Å²) in [6, 6.07) is 0. The number of carbonyl (C=O) groups is 1. The highest BCUT2D eigenvalue weighted by Crippen LogP contribution is 2.59. The molecule has 2 aliphatic rings. The van der Waals surface area contributed by atoms with E-state index in [1.807, 2.05) is 0 Å². The maximum absolute atomic E-state index is 12.1. The lowest BCUT2D eigenvalue weighted by Gasteiger charge is -2.46. The molecule has 0 aliphatic heterocycles. The smallest absolute Gasteiger partial charge is 0.136 e. The number of rotatable bonds is 1. The molecule has 0 spiro atoms. The van der Waals surface area contributed by atoms with Crippen molar-refractivity contribution in [2.45, 2.75) is 47.0 Å². The summed E-state index contributed by atoms with van der Waals surface area (Å²) in [6.07, 6.45) is 3.42. The molecule has 0 radical (unpaired) electrons. The molecular weight excluding hydrogens is 311 g/mol. The molecule has 2 rings (SSSR count). The molecule has 0 saturated heterocycles. The van der Waals surface area contributed by atoms with E-state index in [1.54, 1.807) is 0 Å². The second kappa shape index (κ2) is 3.96. The van der Waals surface area contributed by atoms with Crippen LogP contribution in [0, 0.1) is 28.6 Å². The molecule has 92 valence electrons. The number of alkyl halides is 1. The number of hydrogen-bond donors (Lipinski definition) is 0. The zero-order valence-electron chi connectivity index (χ0n) is 10.8. The summed E-state index contributed by atoms with van der Waals surface area (Å²) in [5, 5.41) is 0. The van der Waals surface area contributed by atoms with Crippen molar-refractivity contribution in [2.24, 2.45) is 28.6 Å². The van der Waals surface area contributed by atoms with E-state index in [-0.39, 0.29) is 11.3 Å². The molecule has 1 unspecified atom stereocenters. The van der Waals surface area contributed by atoms with Crippen molar-refractivity contribution in [3.05, 3.63) is 0 Å². The first-order valence-electron chi connectivity index (χ1n) is 6.39. The largest absolute Gasteiger partial charge is 0.299 e. The van der Waals surface area contributed by atoms with E-state index >= 15 is 0 Å². The Labute approximate surface area is 113 Å². The Balaban J connectivity index is 2.33.